The van der Waals surface area contributed by atoms with Gasteiger partial charge in [-0.1, -0.05) is 11.6 Å². The molecule has 2 rings (SSSR count). The molecule has 2 aromatic rings. The molecule has 130 valence electrons. The number of ether oxygens (including phenoxy) is 1. The first-order chi connectivity index (χ1) is 11.3. The Hall–Kier alpha value is -2.29. The molecule has 0 unspecified atom stereocenters. The van der Waals surface area contributed by atoms with Crippen molar-refractivity contribution in [1.82, 2.24) is 9.78 Å². The number of hydrogen-bond donors (Lipinski definition) is 1. The number of benzene rings is 1. The zero-order valence-electron chi connectivity index (χ0n) is 12.3. The van der Waals surface area contributed by atoms with E-state index >= 15 is 0 Å². The lowest BCUT2D eigenvalue weighted by Gasteiger charge is -2.10. The molecule has 0 bridgehead atoms. The Balaban J connectivity index is 2.06. The number of amides is 1. The maximum Gasteiger partial charge on any atom is 0.387 e. The summed E-state index contributed by atoms with van der Waals surface area (Å²) in [6.45, 7) is -1.93. The summed E-state index contributed by atoms with van der Waals surface area (Å²) in [5.74, 6) is -0.869. The standard InChI is InChI=1S/C14H12ClF4N3O2/c1-7-4-10(13(16)17)22(21-7)6-12(23)20-8-2-3-11(9(15)5-8)24-14(18)19/h2-5,13-14H,6H2,1H3,(H,20,23). The van der Waals surface area contributed by atoms with Gasteiger partial charge in [0.1, 0.15) is 18.0 Å². The van der Waals surface area contributed by atoms with Crippen molar-refractivity contribution < 1.29 is 27.1 Å². The number of carbonyl (C=O) groups excluding carboxylic acids is 1. The van der Waals surface area contributed by atoms with Crippen molar-refractivity contribution >= 4 is 23.2 Å². The Morgan fingerprint density at radius 1 is 1.33 bits per heavy atom. The second kappa shape index (κ2) is 7.52. The average molecular weight is 366 g/mol. The highest BCUT2D eigenvalue weighted by Gasteiger charge is 2.17. The van der Waals surface area contributed by atoms with Crippen LogP contribution in [0.3, 0.4) is 0 Å². The second-order valence-corrected chi connectivity index (χ2v) is 5.15. The van der Waals surface area contributed by atoms with E-state index in [0.29, 0.717) is 5.69 Å². The molecule has 1 aromatic carbocycles. The smallest absolute Gasteiger partial charge is 0.387 e. The maximum absolute atomic E-state index is 12.8. The van der Waals surface area contributed by atoms with E-state index < -0.39 is 25.5 Å². The van der Waals surface area contributed by atoms with E-state index in [1.165, 1.54) is 25.1 Å². The molecule has 0 aliphatic rings. The summed E-state index contributed by atoms with van der Waals surface area (Å²) in [4.78, 5) is 11.9. The third kappa shape index (κ3) is 4.60. The monoisotopic (exact) mass is 365 g/mol. The predicted octanol–water partition coefficient (Wildman–Crippen LogP) is 4.02. The fourth-order valence-electron chi connectivity index (χ4n) is 1.97. The van der Waals surface area contributed by atoms with Crippen LogP contribution >= 0.6 is 11.6 Å². The van der Waals surface area contributed by atoms with Gasteiger partial charge in [0.05, 0.1) is 10.7 Å². The van der Waals surface area contributed by atoms with E-state index in [-0.39, 0.29) is 22.2 Å². The quantitative estimate of drug-likeness (QED) is 0.786. The molecule has 1 N–H and O–H groups in total. The van der Waals surface area contributed by atoms with Gasteiger partial charge in [-0.25, -0.2) is 8.78 Å². The largest absolute Gasteiger partial charge is 0.433 e. The number of rotatable bonds is 6. The third-order valence-corrected chi connectivity index (χ3v) is 3.18. The number of anilines is 1. The summed E-state index contributed by atoms with van der Waals surface area (Å²) in [6.07, 6.45) is -2.76. The van der Waals surface area contributed by atoms with Gasteiger partial charge in [0.2, 0.25) is 5.91 Å². The van der Waals surface area contributed by atoms with E-state index in [2.05, 4.69) is 15.2 Å². The SMILES string of the molecule is Cc1cc(C(F)F)n(CC(=O)Nc2ccc(OC(F)F)c(Cl)c2)n1. The molecular weight excluding hydrogens is 354 g/mol. The number of aromatic nitrogens is 2. The molecule has 1 aromatic heterocycles. The van der Waals surface area contributed by atoms with Crippen LogP contribution in [0.1, 0.15) is 17.8 Å². The summed E-state index contributed by atoms with van der Waals surface area (Å²) in [5, 5.41) is 6.11. The summed E-state index contributed by atoms with van der Waals surface area (Å²) in [5.41, 5.74) is 0.185. The molecule has 0 aliphatic heterocycles. The number of alkyl halides is 4. The fraction of sp³-hybridized carbons (Fsp3) is 0.286. The van der Waals surface area contributed by atoms with Crippen molar-refractivity contribution in [3.05, 3.63) is 40.7 Å². The zero-order chi connectivity index (χ0) is 17.9. The first-order valence-corrected chi connectivity index (χ1v) is 7.00. The normalized spacial score (nSPS) is 11.2. The van der Waals surface area contributed by atoms with Gasteiger partial charge in [-0.3, -0.25) is 9.48 Å². The Bertz CT molecular complexity index is 737. The number of halogens is 5. The molecule has 5 nitrogen and oxygen atoms in total. The number of nitrogens with one attached hydrogen (secondary N) is 1. The highest BCUT2D eigenvalue weighted by Crippen LogP contribution is 2.29. The molecule has 1 amide bonds. The van der Waals surface area contributed by atoms with Crippen LogP contribution in [0.25, 0.3) is 0 Å². The van der Waals surface area contributed by atoms with Crippen molar-refractivity contribution in [2.45, 2.75) is 26.5 Å². The van der Waals surface area contributed by atoms with E-state index in [0.717, 1.165) is 10.7 Å². The van der Waals surface area contributed by atoms with Crippen LogP contribution in [0.2, 0.25) is 5.02 Å². The number of hydrogen-bond acceptors (Lipinski definition) is 3. The van der Waals surface area contributed by atoms with E-state index in [1.807, 2.05) is 0 Å². The Kier molecular flexibility index (Phi) is 5.66. The van der Waals surface area contributed by atoms with Gasteiger partial charge < -0.3 is 10.1 Å². The highest BCUT2D eigenvalue weighted by molar-refractivity contribution is 6.32. The van der Waals surface area contributed by atoms with Gasteiger partial charge >= 0.3 is 6.61 Å². The van der Waals surface area contributed by atoms with Gasteiger partial charge in [-0.15, -0.1) is 0 Å². The molecule has 0 aliphatic carbocycles. The van der Waals surface area contributed by atoms with Crippen LogP contribution in [0.4, 0.5) is 23.2 Å². The molecule has 0 atom stereocenters. The summed E-state index contributed by atoms with van der Waals surface area (Å²) < 4.78 is 55.0. The maximum atomic E-state index is 12.8. The minimum absolute atomic E-state index is 0.128. The summed E-state index contributed by atoms with van der Waals surface area (Å²) in [7, 11) is 0. The molecule has 0 saturated heterocycles. The molecular formula is C14H12ClF4N3O2. The van der Waals surface area contributed by atoms with Gasteiger partial charge in [-0.2, -0.15) is 13.9 Å². The lowest BCUT2D eigenvalue weighted by Crippen LogP contribution is -2.21. The zero-order valence-corrected chi connectivity index (χ0v) is 13.0. The average Bonchev–Trinajstić information content (AvgIpc) is 2.82. The van der Waals surface area contributed by atoms with Gasteiger partial charge in [-0.05, 0) is 31.2 Å². The number of carbonyl (C=O) groups is 1. The molecule has 1 heterocycles. The number of nitrogens with zero attached hydrogens (tertiary/aromatic N) is 2. The first kappa shape index (κ1) is 18.1. The minimum atomic E-state index is -3.03. The van der Waals surface area contributed by atoms with Gasteiger partial charge in [0, 0.05) is 5.69 Å². The van der Waals surface area contributed by atoms with Gasteiger partial charge in [0.25, 0.3) is 6.43 Å². The highest BCUT2D eigenvalue weighted by atomic mass is 35.5. The Labute approximate surface area is 139 Å². The van der Waals surface area contributed by atoms with Crippen molar-refractivity contribution in [2.24, 2.45) is 0 Å². The van der Waals surface area contributed by atoms with Crippen LogP contribution in [-0.4, -0.2) is 22.3 Å². The topological polar surface area (TPSA) is 56.2 Å². The van der Waals surface area contributed by atoms with Crippen molar-refractivity contribution in [1.29, 1.82) is 0 Å². The first-order valence-electron chi connectivity index (χ1n) is 6.63. The Morgan fingerprint density at radius 2 is 2.04 bits per heavy atom. The molecule has 0 fully saturated rings. The summed E-state index contributed by atoms with van der Waals surface area (Å²) >= 11 is 5.76. The molecule has 10 heteroatoms. The van der Waals surface area contributed by atoms with E-state index in [4.69, 9.17) is 11.6 Å². The van der Waals surface area contributed by atoms with Crippen molar-refractivity contribution in [2.75, 3.05) is 5.32 Å². The second-order valence-electron chi connectivity index (χ2n) is 4.74. The van der Waals surface area contributed by atoms with Crippen molar-refractivity contribution in [3.63, 3.8) is 0 Å². The lowest BCUT2D eigenvalue weighted by atomic mass is 10.3. The number of aryl methyl sites for hydroxylation is 1. The summed E-state index contributed by atoms with van der Waals surface area (Å²) in [6, 6.07) is 4.85. The molecule has 0 spiro atoms. The minimum Gasteiger partial charge on any atom is -0.433 e. The van der Waals surface area contributed by atoms with Crippen LogP contribution in [0.15, 0.2) is 24.3 Å². The van der Waals surface area contributed by atoms with E-state index in [1.54, 1.807) is 0 Å². The van der Waals surface area contributed by atoms with E-state index in [9.17, 15) is 22.4 Å². The van der Waals surface area contributed by atoms with Crippen LogP contribution in [0, 0.1) is 6.92 Å². The molecule has 24 heavy (non-hydrogen) atoms. The molecule has 0 radical (unpaired) electrons. The van der Waals surface area contributed by atoms with Crippen molar-refractivity contribution in [3.8, 4) is 5.75 Å². The fourth-order valence-corrected chi connectivity index (χ4v) is 2.20. The van der Waals surface area contributed by atoms with Crippen LogP contribution in [-0.2, 0) is 11.3 Å². The Morgan fingerprint density at radius 3 is 2.62 bits per heavy atom. The van der Waals surface area contributed by atoms with Gasteiger partial charge in [0.15, 0.2) is 0 Å². The molecule has 0 saturated carbocycles. The predicted molar refractivity (Wildman–Crippen MR) is 78.6 cm³/mol. The lowest BCUT2D eigenvalue weighted by molar-refractivity contribution is -0.117. The van der Waals surface area contributed by atoms with Crippen LogP contribution < -0.4 is 10.1 Å². The van der Waals surface area contributed by atoms with Crippen LogP contribution in [0.5, 0.6) is 5.75 Å². The third-order valence-electron chi connectivity index (χ3n) is 2.88.